The van der Waals surface area contributed by atoms with E-state index in [0.29, 0.717) is 0 Å². The Kier molecular flexibility index (Phi) is 4.37. The highest BCUT2D eigenvalue weighted by atomic mass is 15.1. The van der Waals surface area contributed by atoms with Gasteiger partial charge >= 0.3 is 0 Å². The maximum absolute atomic E-state index is 5.63. The Bertz CT molecular complexity index is 328. The first-order valence-corrected chi connectivity index (χ1v) is 6.63. The molecular formula is C14H23N3. The van der Waals surface area contributed by atoms with Crippen molar-refractivity contribution in [2.45, 2.75) is 38.6 Å². The van der Waals surface area contributed by atoms with Crippen LogP contribution in [0.15, 0.2) is 18.3 Å². The van der Waals surface area contributed by atoms with Gasteiger partial charge in [-0.1, -0.05) is 19.3 Å². The second-order valence-corrected chi connectivity index (χ2v) is 5.28. The van der Waals surface area contributed by atoms with Crippen molar-refractivity contribution in [3.05, 3.63) is 24.0 Å². The molecule has 1 aliphatic rings. The first kappa shape index (κ1) is 12.4. The van der Waals surface area contributed by atoms with E-state index in [-0.39, 0.29) is 0 Å². The number of nitrogens with zero attached hydrogens (tertiary/aromatic N) is 2. The quantitative estimate of drug-likeness (QED) is 0.869. The van der Waals surface area contributed by atoms with Crippen LogP contribution in [0.4, 0.5) is 5.69 Å². The van der Waals surface area contributed by atoms with Crippen molar-refractivity contribution in [2.75, 3.05) is 19.3 Å². The molecule has 0 aromatic carbocycles. The number of pyridine rings is 1. The van der Waals surface area contributed by atoms with Gasteiger partial charge in [0, 0.05) is 13.1 Å². The molecule has 0 atom stereocenters. The molecule has 1 fully saturated rings. The summed E-state index contributed by atoms with van der Waals surface area (Å²) in [4.78, 5) is 6.73. The molecule has 0 saturated heterocycles. The zero-order chi connectivity index (χ0) is 12.1. The molecular weight excluding hydrogens is 210 g/mol. The summed E-state index contributed by atoms with van der Waals surface area (Å²) in [6, 6.07) is 3.95. The first-order chi connectivity index (χ1) is 8.24. The molecule has 94 valence electrons. The van der Waals surface area contributed by atoms with Crippen molar-refractivity contribution >= 4 is 5.69 Å². The maximum atomic E-state index is 5.63. The first-order valence-electron chi connectivity index (χ1n) is 6.63. The molecule has 1 aliphatic carbocycles. The van der Waals surface area contributed by atoms with Gasteiger partial charge in [-0.25, -0.2) is 0 Å². The van der Waals surface area contributed by atoms with E-state index in [2.05, 4.69) is 16.9 Å². The standard InChI is InChI=1S/C14H23N3/c1-17(10-12-5-3-2-4-6-12)11-14-8-7-13(15)9-16-14/h7-9,12H,2-6,10-11,15H2,1H3. The molecule has 3 nitrogen and oxygen atoms in total. The third kappa shape index (κ3) is 4.00. The summed E-state index contributed by atoms with van der Waals surface area (Å²) in [5.41, 5.74) is 7.48. The van der Waals surface area contributed by atoms with Crippen LogP contribution >= 0.6 is 0 Å². The SMILES string of the molecule is CN(Cc1ccc(N)cn1)CC1CCCCC1. The predicted molar refractivity (Wildman–Crippen MR) is 71.6 cm³/mol. The lowest BCUT2D eigenvalue weighted by Gasteiger charge is -2.26. The van der Waals surface area contributed by atoms with Crippen LogP contribution in [0.5, 0.6) is 0 Å². The lowest BCUT2D eigenvalue weighted by Crippen LogP contribution is -2.27. The van der Waals surface area contributed by atoms with Crippen molar-refractivity contribution in [1.82, 2.24) is 9.88 Å². The van der Waals surface area contributed by atoms with Gasteiger partial charge in [-0.15, -0.1) is 0 Å². The Morgan fingerprint density at radius 1 is 1.29 bits per heavy atom. The molecule has 1 aromatic rings. The Balaban J connectivity index is 1.79. The van der Waals surface area contributed by atoms with E-state index in [1.54, 1.807) is 6.20 Å². The predicted octanol–water partition coefficient (Wildman–Crippen LogP) is 2.68. The normalized spacial score (nSPS) is 17.5. The Morgan fingerprint density at radius 3 is 2.71 bits per heavy atom. The van der Waals surface area contributed by atoms with Gasteiger partial charge in [-0.3, -0.25) is 4.98 Å². The average Bonchev–Trinajstić information content (AvgIpc) is 2.33. The van der Waals surface area contributed by atoms with Crippen molar-refractivity contribution in [1.29, 1.82) is 0 Å². The Labute approximate surface area is 104 Å². The minimum absolute atomic E-state index is 0.740. The summed E-state index contributed by atoms with van der Waals surface area (Å²) in [5.74, 6) is 0.891. The lowest BCUT2D eigenvalue weighted by molar-refractivity contribution is 0.226. The van der Waals surface area contributed by atoms with Crippen LogP contribution in [0.1, 0.15) is 37.8 Å². The van der Waals surface area contributed by atoms with Crippen LogP contribution in [-0.2, 0) is 6.54 Å². The van der Waals surface area contributed by atoms with Gasteiger partial charge in [0.25, 0.3) is 0 Å². The minimum atomic E-state index is 0.740. The second-order valence-electron chi connectivity index (χ2n) is 5.28. The third-order valence-corrected chi connectivity index (χ3v) is 3.57. The van der Waals surface area contributed by atoms with E-state index in [1.807, 2.05) is 12.1 Å². The molecule has 3 heteroatoms. The third-order valence-electron chi connectivity index (χ3n) is 3.57. The number of hydrogen-bond acceptors (Lipinski definition) is 3. The van der Waals surface area contributed by atoms with Crippen LogP contribution in [0.25, 0.3) is 0 Å². The molecule has 0 spiro atoms. The summed E-state index contributed by atoms with van der Waals surface area (Å²) >= 11 is 0. The highest BCUT2D eigenvalue weighted by Gasteiger charge is 2.15. The van der Waals surface area contributed by atoms with Crippen LogP contribution in [0.2, 0.25) is 0 Å². The van der Waals surface area contributed by atoms with Gasteiger partial charge < -0.3 is 10.6 Å². The number of nitrogens with two attached hydrogens (primary N) is 1. The smallest absolute Gasteiger partial charge is 0.0545 e. The lowest BCUT2D eigenvalue weighted by atomic mass is 9.89. The summed E-state index contributed by atoms with van der Waals surface area (Å²) in [6.45, 7) is 2.13. The van der Waals surface area contributed by atoms with Crippen molar-refractivity contribution < 1.29 is 0 Å². The molecule has 1 aromatic heterocycles. The summed E-state index contributed by atoms with van der Waals surface area (Å²) in [5, 5.41) is 0. The topological polar surface area (TPSA) is 42.1 Å². The van der Waals surface area contributed by atoms with Gasteiger partial charge in [0.05, 0.1) is 17.6 Å². The van der Waals surface area contributed by atoms with E-state index >= 15 is 0 Å². The Morgan fingerprint density at radius 2 is 2.06 bits per heavy atom. The van der Waals surface area contributed by atoms with Crippen molar-refractivity contribution in [2.24, 2.45) is 5.92 Å². The van der Waals surface area contributed by atoms with E-state index in [9.17, 15) is 0 Å². The molecule has 0 aliphatic heterocycles. The summed E-state index contributed by atoms with van der Waals surface area (Å²) in [6.07, 6.45) is 8.81. The van der Waals surface area contributed by atoms with Crippen molar-refractivity contribution in [3.63, 3.8) is 0 Å². The molecule has 1 heterocycles. The molecule has 2 rings (SSSR count). The molecule has 2 N–H and O–H groups in total. The number of hydrogen-bond donors (Lipinski definition) is 1. The largest absolute Gasteiger partial charge is 0.397 e. The van der Waals surface area contributed by atoms with E-state index in [0.717, 1.165) is 23.8 Å². The zero-order valence-corrected chi connectivity index (χ0v) is 10.7. The van der Waals surface area contributed by atoms with Crippen LogP contribution in [0.3, 0.4) is 0 Å². The number of anilines is 1. The van der Waals surface area contributed by atoms with Crippen LogP contribution in [0, 0.1) is 5.92 Å². The fraction of sp³-hybridized carbons (Fsp3) is 0.643. The fourth-order valence-electron chi connectivity index (χ4n) is 2.68. The molecule has 17 heavy (non-hydrogen) atoms. The molecule has 1 saturated carbocycles. The van der Waals surface area contributed by atoms with Crippen molar-refractivity contribution in [3.8, 4) is 0 Å². The molecule has 0 radical (unpaired) electrons. The second kappa shape index (κ2) is 6.01. The van der Waals surface area contributed by atoms with Gasteiger partial charge in [0.15, 0.2) is 0 Å². The number of rotatable bonds is 4. The van der Waals surface area contributed by atoms with Gasteiger partial charge in [0.1, 0.15) is 0 Å². The monoisotopic (exact) mass is 233 g/mol. The van der Waals surface area contributed by atoms with Crippen LogP contribution < -0.4 is 5.73 Å². The fourth-order valence-corrected chi connectivity index (χ4v) is 2.68. The zero-order valence-electron chi connectivity index (χ0n) is 10.7. The summed E-state index contributed by atoms with van der Waals surface area (Å²) < 4.78 is 0. The van der Waals surface area contributed by atoms with E-state index in [1.165, 1.54) is 38.6 Å². The maximum Gasteiger partial charge on any atom is 0.0545 e. The van der Waals surface area contributed by atoms with E-state index < -0.39 is 0 Å². The van der Waals surface area contributed by atoms with Gasteiger partial charge in [-0.2, -0.15) is 0 Å². The highest BCUT2D eigenvalue weighted by molar-refractivity contribution is 5.34. The minimum Gasteiger partial charge on any atom is -0.397 e. The highest BCUT2D eigenvalue weighted by Crippen LogP contribution is 2.24. The van der Waals surface area contributed by atoms with Gasteiger partial charge in [-0.05, 0) is 37.9 Å². The molecule has 0 amide bonds. The van der Waals surface area contributed by atoms with Crippen LogP contribution in [-0.4, -0.2) is 23.5 Å². The number of aromatic nitrogens is 1. The molecule has 0 bridgehead atoms. The Hall–Kier alpha value is -1.09. The average molecular weight is 233 g/mol. The summed E-state index contributed by atoms with van der Waals surface area (Å²) in [7, 11) is 2.19. The number of nitrogen functional groups attached to an aromatic ring is 1. The molecule has 0 unspecified atom stereocenters. The van der Waals surface area contributed by atoms with Gasteiger partial charge in [0.2, 0.25) is 0 Å². The van der Waals surface area contributed by atoms with E-state index in [4.69, 9.17) is 5.73 Å².